The van der Waals surface area contributed by atoms with Gasteiger partial charge < -0.3 is 14.7 Å². The van der Waals surface area contributed by atoms with E-state index in [1.165, 1.54) is 16.4 Å². The number of aryl methyl sites for hydroxylation is 2. The van der Waals surface area contributed by atoms with Crippen molar-refractivity contribution in [2.45, 2.75) is 36.6 Å². The predicted molar refractivity (Wildman–Crippen MR) is 169 cm³/mol. The molecule has 3 aromatic rings. The summed E-state index contributed by atoms with van der Waals surface area (Å²) in [6.45, 7) is 7.87. The molecule has 13 heteroatoms. The minimum Gasteiger partial charge on any atom is -0.368 e. The summed E-state index contributed by atoms with van der Waals surface area (Å²) >= 11 is 0. The van der Waals surface area contributed by atoms with Gasteiger partial charge in [-0.25, -0.2) is 22.0 Å². The number of rotatable bonds is 6. The number of hydrogen-bond acceptors (Lipinski definition) is 8. The Morgan fingerprint density at radius 3 is 2.07 bits per heavy atom. The van der Waals surface area contributed by atoms with E-state index in [0.29, 0.717) is 60.7 Å². The number of amides is 1. The molecule has 1 amide bonds. The molecule has 0 aliphatic carbocycles. The molecule has 44 heavy (non-hydrogen) atoms. The van der Waals surface area contributed by atoms with Crippen LogP contribution in [0.2, 0.25) is 0 Å². The number of nitriles is 1. The smallest absolute Gasteiger partial charge is 0.254 e. The molecule has 2 heterocycles. The van der Waals surface area contributed by atoms with Crippen LogP contribution in [0.1, 0.15) is 34.0 Å². The van der Waals surface area contributed by atoms with E-state index in [2.05, 4.69) is 6.07 Å². The Kier molecular flexibility index (Phi) is 8.73. The molecule has 2 aliphatic rings. The van der Waals surface area contributed by atoms with Gasteiger partial charge in [0.1, 0.15) is 11.0 Å². The van der Waals surface area contributed by atoms with Crippen molar-refractivity contribution in [3.63, 3.8) is 0 Å². The maximum absolute atomic E-state index is 13.9. The number of piperazine rings is 2. The number of nitrogens with two attached hydrogens (primary N) is 1. The molecule has 1 unspecified atom stereocenters. The minimum absolute atomic E-state index is 0.0336. The Hall–Kier alpha value is -3.96. The van der Waals surface area contributed by atoms with Gasteiger partial charge in [0, 0.05) is 57.4 Å². The second kappa shape index (κ2) is 12.2. The summed E-state index contributed by atoms with van der Waals surface area (Å²) in [5.74, 6) is -0.274. The number of nitrogens with zero attached hydrogens (tertiary/aromatic N) is 5. The Morgan fingerprint density at radius 2 is 1.43 bits per heavy atom. The first kappa shape index (κ1) is 31.5. The molecule has 0 radical (unpaired) electrons. The molecule has 0 spiro atoms. The van der Waals surface area contributed by atoms with Crippen molar-refractivity contribution in [1.82, 2.24) is 9.21 Å². The average molecular weight is 637 g/mol. The van der Waals surface area contributed by atoms with Crippen molar-refractivity contribution >= 4 is 37.3 Å². The molecule has 0 bridgehead atoms. The monoisotopic (exact) mass is 636 g/mol. The van der Waals surface area contributed by atoms with Gasteiger partial charge in [0.2, 0.25) is 20.0 Å². The molecule has 232 valence electrons. The maximum atomic E-state index is 13.9. The highest BCUT2D eigenvalue weighted by molar-refractivity contribution is 7.89. The summed E-state index contributed by atoms with van der Waals surface area (Å²) in [4.78, 5) is 19.6. The summed E-state index contributed by atoms with van der Waals surface area (Å²) in [6.07, 6.45) is 0. The van der Waals surface area contributed by atoms with Gasteiger partial charge in [0.25, 0.3) is 5.91 Å². The lowest BCUT2D eigenvalue weighted by Crippen LogP contribution is -2.54. The number of benzene rings is 3. The standard InChI is InChI=1S/C31H36N6O5S2/c1-22-18-23(2)30(44(41,42)36-15-12-34(13-16-36)27-9-5-4-8-25(27)20-32)19-26(22)31(38)37-17-14-35(21-24(37)3)28-10-6-7-11-29(28)43(33,39)40/h4-11,18-19,24H,12-17,21H2,1-3H3,(H2,33,39,40). The highest BCUT2D eigenvalue weighted by atomic mass is 32.2. The van der Waals surface area contributed by atoms with Crippen LogP contribution in [0.3, 0.4) is 0 Å². The quantitative estimate of drug-likeness (QED) is 0.434. The van der Waals surface area contributed by atoms with Gasteiger partial charge in [-0.1, -0.05) is 30.3 Å². The zero-order valence-electron chi connectivity index (χ0n) is 25.0. The number of para-hydroxylation sites is 2. The fourth-order valence-electron chi connectivity index (χ4n) is 6.08. The lowest BCUT2D eigenvalue weighted by molar-refractivity contribution is 0.0672. The van der Waals surface area contributed by atoms with Gasteiger partial charge in [-0.2, -0.15) is 9.57 Å². The zero-order chi connectivity index (χ0) is 31.8. The molecular weight excluding hydrogens is 601 g/mol. The largest absolute Gasteiger partial charge is 0.368 e. The first-order chi connectivity index (χ1) is 20.8. The zero-order valence-corrected chi connectivity index (χ0v) is 26.6. The van der Waals surface area contributed by atoms with Crippen molar-refractivity contribution in [1.29, 1.82) is 5.26 Å². The molecule has 2 aliphatic heterocycles. The molecule has 2 saturated heterocycles. The van der Waals surface area contributed by atoms with Crippen LogP contribution in [0.15, 0.2) is 70.5 Å². The molecule has 2 fully saturated rings. The first-order valence-electron chi connectivity index (χ1n) is 14.4. The second-order valence-corrected chi connectivity index (χ2v) is 14.7. The molecule has 11 nitrogen and oxygen atoms in total. The molecule has 0 aromatic heterocycles. The van der Waals surface area contributed by atoms with Crippen LogP contribution >= 0.6 is 0 Å². The van der Waals surface area contributed by atoms with Crippen LogP contribution in [0.5, 0.6) is 0 Å². The van der Waals surface area contributed by atoms with E-state index in [1.54, 1.807) is 55.1 Å². The third-order valence-electron chi connectivity index (χ3n) is 8.37. The van der Waals surface area contributed by atoms with Crippen LogP contribution in [-0.4, -0.2) is 83.8 Å². The number of primary sulfonamides is 1. The van der Waals surface area contributed by atoms with E-state index in [1.807, 2.05) is 28.9 Å². The van der Waals surface area contributed by atoms with Crippen molar-refractivity contribution in [3.8, 4) is 6.07 Å². The summed E-state index contributed by atoms with van der Waals surface area (Å²) in [5.41, 5.74) is 3.39. The maximum Gasteiger partial charge on any atom is 0.254 e. The van der Waals surface area contributed by atoms with E-state index in [-0.39, 0.29) is 34.8 Å². The summed E-state index contributed by atoms with van der Waals surface area (Å²) in [6, 6.07) is 19.0. The van der Waals surface area contributed by atoms with E-state index in [9.17, 15) is 26.9 Å². The Morgan fingerprint density at radius 1 is 0.818 bits per heavy atom. The van der Waals surface area contributed by atoms with Crippen LogP contribution < -0.4 is 14.9 Å². The molecule has 5 rings (SSSR count). The number of sulfonamides is 2. The summed E-state index contributed by atoms with van der Waals surface area (Å²) in [5, 5.41) is 14.9. The molecular formula is C31H36N6O5S2. The van der Waals surface area contributed by atoms with Crippen molar-refractivity contribution in [3.05, 3.63) is 82.9 Å². The van der Waals surface area contributed by atoms with Crippen LogP contribution in [0.25, 0.3) is 0 Å². The van der Waals surface area contributed by atoms with Crippen LogP contribution in [-0.2, 0) is 20.0 Å². The highest BCUT2D eigenvalue weighted by Gasteiger charge is 2.34. The summed E-state index contributed by atoms with van der Waals surface area (Å²) < 4.78 is 53.5. The highest BCUT2D eigenvalue weighted by Crippen LogP contribution is 2.30. The number of carbonyl (C=O) groups is 1. The van der Waals surface area contributed by atoms with Gasteiger partial charge in [-0.3, -0.25) is 4.79 Å². The van der Waals surface area contributed by atoms with Gasteiger partial charge in [0.05, 0.1) is 21.8 Å². The first-order valence-corrected chi connectivity index (χ1v) is 17.3. The fourth-order valence-corrected chi connectivity index (χ4v) is 8.50. The SMILES string of the molecule is Cc1cc(C)c(S(=O)(=O)N2CCN(c3ccccc3C#N)CC2)cc1C(=O)N1CCN(c2ccccc2S(N)(=O)=O)CC1C. The van der Waals surface area contributed by atoms with E-state index >= 15 is 0 Å². The normalized spacial score (nSPS) is 18.2. The number of hydrogen-bond donors (Lipinski definition) is 1. The van der Waals surface area contributed by atoms with E-state index in [4.69, 9.17) is 5.14 Å². The van der Waals surface area contributed by atoms with Gasteiger partial charge in [0.15, 0.2) is 0 Å². The van der Waals surface area contributed by atoms with Gasteiger partial charge in [-0.05, 0) is 62.2 Å². The van der Waals surface area contributed by atoms with E-state index in [0.717, 1.165) is 5.69 Å². The average Bonchev–Trinajstić information content (AvgIpc) is 3.00. The van der Waals surface area contributed by atoms with Crippen molar-refractivity contribution < 1.29 is 21.6 Å². The second-order valence-electron chi connectivity index (χ2n) is 11.3. The molecule has 0 saturated carbocycles. The molecule has 2 N–H and O–H groups in total. The fraction of sp³-hybridized carbons (Fsp3) is 0.355. The topological polar surface area (TPSA) is 148 Å². The van der Waals surface area contributed by atoms with E-state index < -0.39 is 20.0 Å². The van der Waals surface area contributed by atoms with Crippen LogP contribution in [0, 0.1) is 25.2 Å². The lowest BCUT2D eigenvalue weighted by Gasteiger charge is -2.41. The number of carbonyl (C=O) groups excluding carboxylic acids is 1. The minimum atomic E-state index is -3.93. The Balaban J connectivity index is 1.34. The van der Waals surface area contributed by atoms with Gasteiger partial charge >= 0.3 is 0 Å². The Labute approximate surface area is 259 Å². The van der Waals surface area contributed by atoms with Crippen molar-refractivity contribution in [2.24, 2.45) is 5.14 Å². The third kappa shape index (κ3) is 6.03. The van der Waals surface area contributed by atoms with Crippen LogP contribution in [0.4, 0.5) is 11.4 Å². The third-order valence-corrected chi connectivity index (χ3v) is 11.4. The lowest BCUT2D eigenvalue weighted by atomic mass is 10.0. The van der Waals surface area contributed by atoms with Gasteiger partial charge in [-0.15, -0.1) is 0 Å². The molecule has 3 aromatic carbocycles. The van der Waals surface area contributed by atoms with Crippen molar-refractivity contribution in [2.75, 3.05) is 55.6 Å². The number of anilines is 2. The predicted octanol–water partition coefficient (Wildman–Crippen LogP) is 2.68. The molecule has 1 atom stereocenters. The Bertz CT molecular complexity index is 1850. The summed E-state index contributed by atoms with van der Waals surface area (Å²) in [7, 11) is -7.83.